The highest BCUT2D eigenvalue weighted by Gasteiger charge is 2.52. The Labute approximate surface area is 225 Å². The summed E-state index contributed by atoms with van der Waals surface area (Å²) in [6, 6.07) is 6.73. The molecule has 1 unspecified atom stereocenters. The molecule has 1 fully saturated rings. The lowest BCUT2D eigenvalue weighted by Gasteiger charge is -2.32. The summed E-state index contributed by atoms with van der Waals surface area (Å²) in [6.45, 7) is 9.39. The molecular weight excluding hydrogens is 512 g/mol. The summed E-state index contributed by atoms with van der Waals surface area (Å²) < 4.78 is 39.0. The van der Waals surface area contributed by atoms with Crippen molar-refractivity contribution in [3.05, 3.63) is 45.5 Å². The summed E-state index contributed by atoms with van der Waals surface area (Å²) in [5, 5.41) is 20.3. The van der Waals surface area contributed by atoms with E-state index in [1.807, 2.05) is 27.7 Å². The number of hydrogen-bond donors (Lipinski definition) is 1. The zero-order valence-electron chi connectivity index (χ0n) is 22.1. The first-order valence-electron chi connectivity index (χ1n) is 12.6. The first-order chi connectivity index (χ1) is 18.5. The largest absolute Gasteiger partial charge is 0.495 e. The van der Waals surface area contributed by atoms with E-state index in [1.165, 1.54) is 0 Å². The van der Waals surface area contributed by atoms with Crippen LogP contribution in [0.3, 0.4) is 0 Å². The molecule has 2 aromatic rings. The van der Waals surface area contributed by atoms with Crippen LogP contribution in [-0.2, 0) is 14.0 Å². The molecule has 2 aromatic carbocycles. The number of carbonyl (C=O) groups is 1. The Morgan fingerprint density at radius 1 is 0.897 bits per heavy atom. The van der Waals surface area contributed by atoms with Crippen LogP contribution in [0.5, 0.6) is 23.0 Å². The maximum atomic E-state index is 11.4. The highest BCUT2D eigenvalue weighted by molar-refractivity contribution is 6.63. The fourth-order valence-corrected chi connectivity index (χ4v) is 4.59. The van der Waals surface area contributed by atoms with Crippen LogP contribution >= 0.6 is 0 Å². The van der Waals surface area contributed by atoms with Gasteiger partial charge in [0, 0.05) is 10.5 Å². The van der Waals surface area contributed by atoms with Crippen LogP contribution in [0.25, 0.3) is 0 Å². The molecule has 0 saturated carbocycles. The minimum absolute atomic E-state index is 0.385. The van der Waals surface area contributed by atoms with Crippen molar-refractivity contribution in [3.8, 4) is 23.0 Å². The quantitative estimate of drug-likeness (QED) is 0.257. The van der Waals surface area contributed by atoms with Crippen molar-refractivity contribution in [3.63, 3.8) is 0 Å². The summed E-state index contributed by atoms with van der Waals surface area (Å²) in [5.74, 6) is 2.27. The molecule has 4 aliphatic heterocycles. The van der Waals surface area contributed by atoms with E-state index in [9.17, 15) is 19.9 Å². The Hall–Kier alpha value is -3.32. The van der Waals surface area contributed by atoms with Crippen molar-refractivity contribution in [1.29, 1.82) is 0 Å². The van der Waals surface area contributed by atoms with Crippen molar-refractivity contribution < 1.29 is 47.7 Å². The van der Waals surface area contributed by atoms with Gasteiger partial charge in [-0.3, -0.25) is 14.9 Å². The number of benzene rings is 2. The van der Waals surface area contributed by atoms with Crippen molar-refractivity contribution >= 4 is 31.4 Å². The SMILES string of the molecule is CC1(C)OB(c2cc3c(cc2C=O)OCCO3)OC1(C)C.O=[N+]([O-])CC1OB(O)c2cc3c(cc21)OCCO3. The Morgan fingerprint density at radius 2 is 1.38 bits per heavy atom. The van der Waals surface area contributed by atoms with Crippen LogP contribution in [-0.4, -0.2) is 74.6 Å². The fraction of sp³-hybridized carbons (Fsp3) is 0.480. The molecule has 0 radical (unpaired) electrons. The van der Waals surface area contributed by atoms with Crippen LogP contribution < -0.4 is 29.9 Å². The molecule has 0 aromatic heterocycles. The third-order valence-corrected chi connectivity index (χ3v) is 7.35. The van der Waals surface area contributed by atoms with Crippen molar-refractivity contribution in [2.24, 2.45) is 0 Å². The van der Waals surface area contributed by atoms with Crippen LogP contribution in [0.15, 0.2) is 24.3 Å². The molecule has 0 bridgehead atoms. The number of ether oxygens (including phenoxy) is 4. The van der Waals surface area contributed by atoms with Gasteiger partial charge in [0.2, 0.25) is 6.54 Å². The number of hydrogen-bond acceptors (Lipinski definition) is 11. The van der Waals surface area contributed by atoms with Gasteiger partial charge in [0.1, 0.15) is 38.8 Å². The molecule has 1 atom stereocenters. The number of fused-ring (bicyclic) bond motifs is 3. The smallest absolute Gasteiger partial charge is 0.486 e. The van der Waals surface area contributed by atoms with E-state index >= 15 is 0 Å². The highest BCUT2D eigenvalue weighted by atomic mass is 16.7. The lowest BCUT2D eigenvalue weighted by molar-refractivity contribution is -0.490. The third kappa shape index (κ3) is 5.29. The molecular formula is C25H29B2NO11. The fourth-order valence-electron chi connectivity index (χ4n) is 4.59. The van der Waals surface area contributed by atoms with Crippen molar-refractivity contribution in [1.82, 2.24) is 0 Å². The lowest BCUT2D eigenvalue weighted by Crippen LogP contribution is -2.41. The van der Waals surface area contributed by atoms with E-state index < -0.39 is 36.5 Å². The van der Waals surface area contributed by atoms with Gasteiger partial charge >= 0.3 is 14.2 Å². The standard InChI is InChI=1S/C15H19BO5.C10H10BNO6/c1-14(2)15(3,4)21-16(20-14)11-8-13-12(7-10(11)9-17)18-5-6-19-13;13-11-7-4-9-8(16-1-2-17-9)3-6(7)10(18-11)5-12(14)15/h7-9H,5-6H2,1-4H3;3-4,10,13H,1-2,5H2. The molecule has 12 nitrogen and oxygen atoms in total. The number of nitrogens with zero attached hydrogens (tertiary/aromatic N) is 1. The Kier molecular flexibility index (Phi) is 7.23. The summed E-state index contributed by atoms with van der Waals surface area (Å²) in [7, 11) is -1.74. The van der Waals surface area contributed by atoms with E-state index in [4.69, 9.17) is 32.9 Å². The van der Waals surface area contributed by atoms with Gasteiger partial charge in [-0.05, 0) is 68.4 Å². The Bertz CT molecular complexity index is 1270. The van der Waals surface area contributed by atoms with Gasteiger partial charge in [-0.15, -0.1) is 0 Å². The topological polar surface area (TPSA) is 145 Å². The van der Waals surface area contributed by atoms with Gasteiger partial charge < -0.3 is 37.9 Å². The minimum Gasteiger partial charge on any atom is -0.486 e. The molecule has 0 amide bonds. The predicted octanol–water partition coefficient (Wildman–Crippen LogP) is 1.06. The number of nitro groups is 1. The minimum atomic E-state index is -1.15. The monoisotopic (exact) mass is 541 g/mol. The summed E-state index contributed by atoms with van der Waals surface area (Å²) in [6.07, 6.45) is 0.0411. The van der Waals surface area contributed by atoms with E-state index in [2.05, 4.69) is 0 Å². The maximum Gasteiger partial charge on any atom is 0.495 e. The zero-order valence-corrected chi connectivity index (χ0v) is 22.1. The summed E-state index contributed by atoms with van der Waals surface area (Å²) in [5.41, 5.74) is 1.36. The van der Waals surface area contributed by atoms with Crippen LogP contribution in [0.1, 0.15) is 49.7 Å². The van der Waals surface area contributed by atoms with E-state index in [0.717, 1.165) is 6.29 Å². The average Bonchev–Trinajstić information content (AvgIpc) is 3.31. The highest BCUT2D eigenvalue weighted by Crippen LogP contribution is 2.38. The van der Waals surface area contributed by atoms with Gasteiger partial charge in [0.15, 0.2) is 23.0 Å². The number of carbonyl (C=O) groups excluding carboxylic acids is 1. The average molecular weight is 541 g/mol. The normalized spacial score (nSPS) is 21.5. The molecule has 4 aliphatic rings. The van der Waals surface area contributed by atoms with Crippen molar-refractivity contribution in [2.45, 2.75) is 45.0 Å². The lowest BCUT2D eigenvalue weighted by atomic mass is 9.76. The van der Waals surface area contributed by atoms with E-state index in [1.54, 1.807) is 24.3 Å². The first kappa shape index (κ1) is 27.3. The molecule has 0 spiro atoms. The predicted molar refractivity (Wildman–Crippen MR) is 139 cm³/mol. The second kappa shape index (κ2) is 10.3. The summed E-state index contributed by atoms with van der Waals surface area (Å²) in [4.78, 5) is 21.5. The first-order valence-corrected chi connectivity index (χ1v) is 12.6. The summed E-state index contributed by atoms with van der Waals surface area (Å²) >= 11 is 0. The molecule has 6 rings (SSSR count). The van der Waals surface area contributed by atoms with E-state index in [0.29, 0.717) is 71.5 Å². The van der Waals surface area contributed by atoms with Crippen molar-refractivity contribution in [2.75, 3.05) is 33.0 Å². The molecule has 206 valence electrons. The van der Waals surface area contributed by atoms with Gasteiger partial charge in [-0.25, -0.2) is 0 Å². The van der Waals surface area contributed by atoms with Gasteiger partial charge in [-0.1, -0.05) is 0 Å². The van der Waals surface area contributed by atoms with Crippen LogP contribution in [0.4, 0.5) is 0 Å². The number of rotatable bonds is 4. The van der Waals surface area contributed by atoms with E-state index in [-0.39, 0.29) is 6.54 Å². The number of aldehydes is 1. The second-order valence-corrected chi connectivity index (χ2v) is 10.4. The Balaban J connectivity index is 0.000000160. The zero-order chi connectivity index (χ0) is 27.9. The molecule has 14 heteroatoms. The Morgan fingerprint density at radius 3 is 1.90 bits per heavy atom. The van der Waals surface area contributed by atoms with Crippen LogP contribution in [0, 0.1) is 10.1 Å². The maximum absolute atomic E-state index is 11.4. The molecule has 1 saturated heterocycles. The molecule has 4 heterocycles. The molecule has 0 aliphatic carbocycles. The molecule has 1 N–H and O–H groups in total. The van der Waals surface area contributed by atoms with Gasteiger partial charge in [0.05, 0.1) is 11.2 Å². The van der Waals surface area contributed by atoms with Gasteiger partial charge in [0.25, 0.3) is 0 Å². The van der Waals surface area contributed by atoms with Gasteiger partial charge in [-0.2, -0.15) is 0 Å². The van der Waals surface area contributed by atoms with Crippen LogP contribution in [0.2, 0.25) is 0 Å². The third-order valence-electron chi connectivity index (χ3n) is 7.35. The molecule has 39 heavy (non-hydrogen) atoms. The second-order valence-electron chi connectivity index (χ2n) is 10.4.